The zero-order valence-electron chi connectivity index (χ0n) is 37.6. The number of hydrogen-bond donors (Lipinski definition) is 1. The van der Waals surface area contributed by atoms with Crippen molar-refractivity contribution in [1.82, 2.24) is 19.6 Å². The fourth-order valence-corrected chi connectivity index (χ4v) is 7.77. The van der Waals surface area contributed by atoms with Gasteiger partial charge in [0.25, 0.3) is 0 Å². The molecule has 4 aliphatic rings. The van der Waals surface area contributed by atoms with Gasteiger partial charge in [0.1, 0.15) is 29.7 Å². The molecule has 0 unspecified atom stereocenters. The first kappa shape index (κ1) is 49.1. The third kappa shape index (κ3) is 12.3. The highest BCUT2D eigenvalue weighted by atomic mass is 16.6. The minimum Gasteiger partial charge on any atom is -0.444 e. The molecule has 0 bridgehead atoms. The molecule has 4 aliphatic heterocycles. The molecule has 4 fully saturated rings. The Balaban J connectivity index is 0.000000228. The van der Waals surface area contributed by atoms with Crippen LogP contribution in [0.1, 0.15) is 125 Å². The summed E-state index contributed by atoms with van der Waals surface area (Å²) in [6.45, 7) is 18.8. The highest BCUT2D eigenvalue weighted by Crippen LogP contribution is 2.35. The van der Waals surface area contributed by atoms with Crippen LogP contribution in [-0.4, -0.2) is 122 Å². The number of carbonyl (C=O) groups is 7. The van der Waals surface area contributed by atoms with Gasteiger partial charge in [0.15, 0.2) is 0 Å². The minimum atomic E-state index is -1.13. The van der Waals surface area contributed by atoms with Gasteiger partial charge in [-0.25, -0.2) is 29.0 Å². The number of carbonyl (C=O) groups excluding carboxylic acids is 7. The van der Waals surface area contributed by atoms with Crippen molar-refractivity contribution in [1.29, 1.82) is 0 Å². The van der Waals surface area contributed by atoms with E-state index in [1.165, 1.54) is 14.7 Å². The predicted molar refractivity (Wildman–Crippen MR) is 227 cm³/mol. The first-order chi connectivity index (χ1) is 29.1. The van der Waals surface area contributed by atoms with Gasteiger partial charge in [-0.2, -0.15) is 0 Å². The molecule has 0 aromatic heterocycles. The Morgan fingerprint density at radius 3 is 1.65 bits per heavy atom. The van der Waals surface area contributed by atoms with Crippen molar-refractivity contribution >= 4 is 42.5 Å². The SMILES string of the molecule is CC(C)(C)OC(=O)N1CCC[C@H]1C=O.CCC(=O)N1C(=O)O[C@@H](c2ccccc2)[C@H]1C.C[C@@H]1[C@H](c2ccccc2)OC(=O)N1C(=O)[C@H](C)[C@@H](O)[C@@H]1CCCN1C(=O)OC(C)(C)C. The summed E-state index contributed by atoms with van der Waals surface area (Å²) in [5, 5.41) is 11.0. The molecule has 0 aliphatic carbocycles. The summed E-state index contributed by atoms with van der Waals surface area (Å²) in [5.41, 5.74) is 0.573. The Kier molecular flexibility index (Phi) is 16.7. The maximum absolute atomic E-state index is 13.2. The van der Waals surface area contributed by atoms with Crippen LogP contribution in [0.5, 0.6) is 0 Å². The van der Waals surface area contributed by atoms with E-state index >= 15 is 0 Å². The van der Waals surface area contributed by atoms with E-state index in [-0.39, 0.29) is 30.2 Å². The van der Waals surface area contributed by atoms with Crippen LogP contribution in [0.15, 0.2) is 60.7 Å². The number of hydrogen-bond acceptors (Lipinski definition) is 12. The van der Waals surface area contributed by atoms with Crippen molar-refractivity contribution in [3.8, 4) is 0 Å². The van der Waals surface area contributed by atoms with Crippen LogP contribution in [0.25, 0.3) is 0 Å². The van der Waals surface area contributed by atoms with E-state index in [1.807, 2.05) is 88.4 Å². The van der Waals surface area contributed by atoms with Gasteiger partial charge in [0, 0.05) is 19.5 Å². The number of likely N-dealkylation sites (tertiary alicyclic amines) is 2. The van der Waals surface area contributed by atoms with Gasteiger partial charge in [-0.1, -0.05) is 74.5 Å². The van der Waals surface area contributed by atoms with Crippen LogP contribution < -0.4 is 0 Å². The second kappa shape index (κ2) is 21.0. The minimum absolute atomic E-state index is 0.194. The Bertz CT molecular complexity index is 1880. The molecule has 2 aromatic rings. The molecule has 0 saturated carbocycles. The summed E-state index contributed by atoms with van der Waals surface area (Å²) >= 11 is 0. The van der Waals surface area contributed by atoms with Crippen molar-refractivity contribution < 1.29 is 57.6 Å². The van der Waals surface area contributed by atoms with Crippen molar-refractivity contribution in [2.24, 2.45) is 5.92 Å². The van der Waals surface area contributed by atoms with E-state index in [2.05, 4.69) is 0 Å². The maximum atomic E-state index is 13.2. The molecule has 0 spiro atoms. The number of amides is 6. The molecular weight excluding hydrogens is 801 g/mol. The summed E-state index contributed by atoms with van der Waals surface area (Å²) in [5.74, 6) is -1.60. The molecule has 6 amide bonds. The lowest BCUT2D eigenvalue weighted by Gasteiger charge is -2.34. The molecule has 0 radical (unpaired) electrons. The number of aliphatic hydroxyl groups excluding tert-OH is 1. The summed E-state index contributed by atoms with van der Waals surface area (Å²) in [7, 11) is 0. The van der Waals surface area contributed by atoms with Gasteiger partial charge in [-0.05, 0) is 92.2 Å². The number of rotatable bonds is 7. The van der Waals surface area contributed by atoms with E-state index in [1.54, 1.807) is 41.5 Å². The van der Waals surface area contributed by atoms with Crippen LogP contribution in [0.3, 0.4) is 0 Å². The molecule has 16 nitrogen and oxygen atoms in total. The molecule has 8 atom stereocenters. The molecule has 4 saturated heterocycles. The molecule has 16 heteroatoms. The third-order valence-electron chi connectivity index (χ3n) is 10.9. The van der Waals surface area contributed by atoms with Crippen molar-refractivity contribution in [2.75, 3.05) is 13.1 Å². The average molecular weight is 865 g/mol. The Morgan fingerprint density at radius 2 is 1.18 bits per heavy atom. The molecule has 2 aromatic carbocycles. The average Bonchev–Trinajstić information content (AvgIpc) is 4.02. The lowest BCUT2D eigenvalue weighted by atomic mass is 9.94. The molecular formula is C46H64N4O12. The first-order valence-corrected chi connectivity index (χ1v) is 21.4. The van der Waals surface area contributed by atoms with Gasteiger partial charge >= 0.3 is 24.4 Å². The monoisotopic (exact) mass is 864 g/mol. The third-order valence-corrected chi connectivity index (χ3v) is 10.9. The molecule has 4 heterocycles. The van der Waals surface area contributed by atoms with Gasteiger partial charge in [-0.15, -0.1) is 0 Å². The standard InChI is InChI=1S/C23H32N2O6.C13H15NO3.C10H17NO3/c1-14(18(26)17-12-9-13-24(17)21(28)31-23(3,4)5)20(27)25-15(2)19(30-22(25)29)16-10-7-6-8-11-16;1-3-11(15)14-9(2)12(17-13(14)16)10-7-5-4-6-8-10;1-10(2,3)14-9(13)11-6-4-5-8(11)7-12/h6-8,10-11,14-15,17-19,26H,9,12-13H2,1-5H3;4-9,12H,3H2,1-2H3;7-8H,4-6H2,1-3H3/t14-,15-,17+,18-,19-;9-,12-;8-/m110/s1. The quantitative estimate of drug-likeness (QED) is 0.213. The van der Waals surface area contributed by atoms with E-state index in [0.717, 1.165) is 35.2 Å². The van der Waals surface area contributed by atoms with Gasteiger partial charge < -0.3 is 33.7 Å². The maximum Gasteiger partial charge on any atom is 0.417 e. The van der Waals surface area contributed by atoms with Crippen molar-refractivity contribution in [2.45, 2.75) is 155 Å². The van der Waals surface area contributed by atoms with Crippen molar-refractivity contribution in [3.05, 3.63) is 71.8 Å². The van der Waals surface area contributed by atoms with Crippen LogP contribution >= 0.6 is 0 Å². The van der Waals surface area contributed by atoms with Crippen LogP contribution in [0, 0.1) is 5.92 Å². The van der Waals surface area contributed by atoms with E-state index < -0.39 is 65.6 Å². The number of imide groups is 2. The van der Waals surface area contributed by atoms with Crippen LogP contribution in [0.2, 0.25) is 0 Å². The normalized spacial score (nSPS) is 24.4. The largest absolute Gasteiger partial charge is 0.444 e. The predicted octanol–water partition coefficient (Wildman–Crippen LogP) is 7.58. The second-order valence-electron chi connectivity index (χ2n) is 17.9. The molecule has 6 rings (SSSR count). The molecule has 62 heavy (non-hydrogen) atoms. The number of benzene rings is 2. The number of aldehydes is 1. The lowest BCUT2D eigenvalue weighted by Crippen LogP contribution is -2.51. The summed E-state index contributed by atoms with van der Waals surface area (Å²) < 4.78 is 21.4. The Morgan fingerprint density at radius 1 is 0.742 bits per heavy atom. The summed E-state index contributed by atoms with van der Waals surface area (Å²) in [6, 6.07) is 17.1. The van der Waals surface area contributed by atoms with Crippen LogP contribution in [-0.2, 0) is 33.3 Å². The van der Waals surface area contributed by atoms with E-state index in [0.29, 0.717) is 32.4 Å². The number of ether oxygens (including phenoxy) is 4. The fraction of sp³-hybridized carbons (Fsp3) is 0.587. The smallest absolute Gasteiger partial charge is 0.417 e. The second-order valence-corrected chi connectivity index (χ2v) is 17.9. The first-order valence-electron chi connectivity index (χ1n) is 21.4. The van der Waals surface area contributed by atoms with E-state index in [4.69, 9.17) is 18.9 Å². The van der Waals surface area contributed by atoms with E-state index in [9.17, 15) is 38.7 Å². The van der Waals surface area contributed by atoms with Gasteiger partial charge in [0.2, 0.25) is 11.8 Å². The van der Waals surface area contributed by atoms with Crippen molar-refractivity contribution in [3.63, 3.8) is 0 Å². The Labute approximate surface area is 364 Å². The lowest BCUT2D eigenvalue weighted by molar-refractivity contribution is -0.138. The van der Waals surface area contributed by atoms with Gasteiger partial charge in [0.05, 0.1) is 36.2 Å². The highest BCUT2D eigenvalue weighted by molar-refractivity contribution is 5.95. The number of aliphatic hydroxyl groups is 1. The molecule has 340 valence electrons. The Hall–Kier alpha value is -5.51. The number of cyclic esters (lactones) is 2. The summed E-state index contributed by atoms with van der Waals surface area (Å²) in [4.78, 5) is 89.0. The number of nitrogens with zero attached hydrogens (tertiary/aromatic N) is 4. The molecule has 1 N–H and O–H groups in total. The zero-order chi connectivity index (χ0) is 46.1. The summed E-state index contributed by atoms with van der Waals surface area (Å²) in [6.07, 6.45) is -0.184. The highest BCUT2D eigenvalue weighted by Gasteiger charge is 2.48. The zero-order valence-corrected chi connectivity index (χ0v) is 37.6. The van der Waals surface area contributed by atoms with Crippen LogP contribution in [0.4, 0.5) is 19.2 Å². The fourth-order valence-electron chi connectivity index (χ4n) is 7.77. The van der Waals surface area contributed by atoms with Gasteiger partial charge in [-0.3, -0.25) is 14.5 Å². The topological polar surface area (TPSA) is 190 Å².